The van der Waals surface area contributed by atoms with Crippen LogP contribution in [0.5, 0.6) is 11.5 Å². The van der Waals surface area contributed by atoms with Crippen LogP contribution in [0, 0.1) is 12.8 Å². The van der Waals surface area contributed by atoms with Crippen LogP contribution in [0.15, 0.2) is 66.5 Å². The van der Waals surface area contributed by atoms with E-state index in [1.54, 1.807) is 9.58 Å². The van der Waals surface area contributed by atoms with E-state index in [0.29, 0.717) is 41.5 Å². The number of carbonyl (C=O) groups excluding carboxylic acids is 1. The third-order valence-electron chi connectivity index (χ3n) is 7.15. The fourth-order valence-corrected chi connectivity index (χ4v) is 4.95. The van der Waals surface area contributed by atoms with Gasteiger partial charge in [0.25, 0.3) is 5.91 Å². The van der Waals surface area contributed by atoms with E-state index >= 15 is 0 Å². The van der Waals surface area contributed by atoms with Gasteiger partial charge in [-0.3, -0.25) is 9.69 Å². The van der Waals surface area contributed by atoms with Gasteiger partial charge in [-0.15, -0.1) is 5.10 Å². The van der Waals surface area contributed by atoms with Gasteiger partial charge in [-0.25, -0.2) is 19.6 Å². The molecule has 0 bridgehead atoms. The van der Waals surface area contributed by atoms with Crippen molar-refractivity contribution < 1.29 is 9.53 Å². The molecule has 1 atom stereocenters. The number of pyridine rings is 1. The Labute approximate surface area is 237 Å². The predicted octanol–water partition coefficient (Wildman–Crippen LogP) is 4.62. The fourth-order valence-electron chi connectivity index (χ4n) is 4.95. The Bertz CT molecular complexity index is 1810. The number of ether oxygens (including phenoxy) is 1. The topological polar surface area (TPSA) is 114 Å². The summed E-state index contributed by atoms with van der Waals surface area (Å²) in [6.07, 6.45) is 3.51. The molecule has 1 N–H and O–H groups in total. The highest BCUT2D eigenvalue weighted by Crippen LogP contribution is 2.32. The molecule has 3 aromatic heterocycles. The van der Waals surface area contributed by atoms with Gasteiger partial charge < -0.3 is 15.0 Å². The number of anilines is 3. The highest BCUT2D eigenvalue weighted by Gasteiger charge is 2.34. The van der Waals surface area contributed by atoms with Gasteiger partial charge >= 0.3 is 0 Å². The monoisotopic (exact) mass is 549 g/mol. The summed E-state index contributed by atoms with van der Waals surface area (Å²) in [5.74, 6) is 2.66. The Balaban J connectivity index is 1.24. The fraction of sp³-hybridized carbons (Fsp3) is 0.267. The van der Waals surface area contributed by atoms with Gasteiger partial charge in [0.2, 0.25) is 0 Å². The van der Waals surface area contributed by atoms with E-state index in [0.717, 1.165) is 33.6 Å². The standard InChI is InChI=1S/C30H31N9O2/c1-18-14-20(6-10-26(18)41-21-7-9-25-24(15-21)35-36-38(25)5)33-29-28-23(31-17-32-29)8-11-27(34-28)39-16-19(2)22(30(39)40)12-13-37(3)4/h6-12,14-15,17,19H,13,16H2,1-5H3,(H,31,32,33)/b22-12+. The highest BCUT2D eigenvalue weighted by atomic mass is 16.5. The molecule has 1 amide bonds. The maximum atomic E-state index is 13.2. The molecule has 2 aromatic carbocycles. The molecule has 11 nitrogen and oxygen atoms in total. The molecule has 0 radical (unpaired) electrons. The van der Waals surface area contributed by atoms with Crippen molar-refractivity contribution in [1.29, 1.82) is 0 Å². The summed E-state index contributed by atoms with van der Waals surface area (Å²) in [5.41, 5.74) is 5.57. The number of nitrogens with one attached hydrogen (secondary N) is 1. The first-order valence-electron chi connectivity index (χ1n) is 13.4. The number of rotatable bonds is 7. The molecule has 0 saturated carbocycles. The normalized spacial score (nSPS) is 16.4. The maximum absolute atomic E-state index is 13.2. The van der Waals surface area contributed by atoms with Crippen molar-refractivity contribution in [3.05, 3.63) is 72.1 Å². The van der Waals surface area contributed by atoms with E-state index in [1.807, 2.05) is 87.6 Å². The van der Waals surface area contributed by atoms with Crippen molar-refractivity contribution in [3.8, 4) is 11.5 Å². The summed E-state index contributed by atoms with van der Waals surface area (Å²) in [4.78, 5) is 30.7. The predicted molar refractivity (Wildman–Crippen MR) is 159 cm³/mol. The quantitative estimate of drug-likeness (QED) is 0.290. The first kappa shape index (κ1) is 26.3. The minimum atomic E-state index is -0.0118. The molecule has 208 valence electrons. The Morgan fingerprint density at radius 3 is 2.76 bits per heavy atom. The van der Waals surface area contributed by atoms with Crippen LogP contribution in [0.1, 0.15) is 12.5 Å². The summed E-state index contributed by atoms with van der Waals surface area (Å²) < 4.78 is 7.87. The lowest BCUT2D eigenvalue weighted by Crippen LogP contribution is -2.26. The van der Waals surface area contributed by atoms with Crippen LogP contribution in [0.3, 0.4) is 0 Å². The van der Waals surface area contributed by atoms with Crippen LogP contribution in [0.2, 0.25) is 0 Å². The molecule has 11 heteroatoms. The van der Waals surface area contributed by atoms with Gasteiger partial charge in [0, 0.05) is 43.4 Å². The molecule has 1 fully saturated rings. The van der Waals surface area contributed by atoms with Gasteiger partial charge in [-0.1, -0.05) is 18.2 Å². The number of aromatic nitrogens is 6. The number of nitrogens with zero attached hydrogens (tertiary/aromatic N) is 8. The van der Waals surface area contributed by atoms with Gasteiger partial charge in [-0.05, 0) is 69.0 Å². The Kier molecular flexibility index (Phi) is 6.80. The zero-order chi connectivity index (χ0) is 28.7. The summed E-state index contributed by atoms with van der Waals surface area (Å²) in [5, 5.41) is 11.6. The molecule has 0 spiro atoms. The van der Waals surface area contributed by atoms with Gasteiger partial charge in [-0.2, -0.15) is 0 Å². The molecule has 5 aromatic rings. The minimum absolute atomic E-state index is 0.0118. The van der Waals surface area contributed by atoms with Crippen molar-refractivity contribution in [1.82, 2.24) is 34.8 Å². The zero-order valence-corrected chi connectivity index (χ0v) is 23.7. The van der Waals surface area contributed by atoms with E-state index in [2.05, 4.69) is 32.5 Å². The number of aryl methyl sites for hydroxylation is 2. The number of carbonyl (C=O) groups is 1. The average Bonchev–Trinajstić information content (AvgIpc) is 3.46. The van der Waals surface area contributed by atoms with Gasteiger partial charge in [0.15, 0.2) is 5.82 Å². The van der Waals surface area contributed by atoms with Crippen LogP contribution >= 0.6 is 0 Å². The number of likely N-dealkylation sites (N-methyl/N-ethyl adjacent to an activating group) is 1. The van der Waals surface area contributed by atoms with E-state index in [9.17, 15) is 4.79 Å². The molecule has 0 aliphatic carbocycles. The molecular weight excluding hydrogens is 518 g/mol. The third-order valence-corrected chi connectivity index (χ3v) is 7.15. The smallest absolute Gasteiger partial charge is 0.255 e. The summed E-state index contributed by atoms with van der Waals surface area (Å²) in [6, 6.07) is 15.3. The molecule has 6 rings (SSSR count). The van der Waals surface area contributed by atoms with Crippen LogP contribution < -0.4 is 15.0 Å². The maximum Gasteiger partial charge on any atom is 0.255 e. The van der Waals surface area contributed by atoms with Crippen LogP contribution in [0.4, 0.5) is 17.3 Å². The number of fused-ring (bicyclic) bond motifs is 2. The van der Waals surface area contributed by atoms with E-state index in [4.69, 9.17) is 9.72 Å². The third kappa shape index (κ3) is 5.19. The summed E-state index contributed by atoms with van der Waals surface area (Å²) >= 11 is 0. The second-order valence-electron chi connectivity index (χ2n) is 10.6. The summed E-state index contributed by atoms with van der Waals surface area (Å²) in [7, 11) is 5.83. The number of hydrogen-bond acceptors (Lipinski definition) is 9. The van der Waals surface area contributed by atoms with Crippen LogP contribution in [-0.4, -0.2) is 67.9 Å². The van der Waals surface area contributed by atoms with Crippen LogP contribution in [0.25, 0.3) is 22.1 Å². The van der Waals surface area contributed by atoms with Crippen molar-refractivity contribution in [2.75, 3.05) is 37.4 Å². The Morgan fingerprint density at radius 1 is 1.10 bits per heavy atom. The molecule has 1 aliphatic heterocycles. The minimum Gasteiger partial charge on any atom is -0.457 e. The first-order chi connectivity index (χ1) is 19.8. The van der Waals surface area contributed by atoms with Crippen molar-refractivity contribution in [2.45, 2.75) is 13.8 Å². The average molecular weight is 550 g/mol. The van der Waals surface area contributed by atoms with E-state index < -0.39 is 0 Å². The second kappa shape index (κ2) is 10.6. The van der Waals surface area contributed by atoms with Gasteiger partial charge in [0.1, 0.15) is 34.7 Å². The summed E-state index contributed by atoms with van der Waals surface area (Å²) in [6.45, 7) is 5.35. The molecule has 41 heavy (non-hydrogen) atoms. The lowest BCUT2D eigenvalue weighted by Gasteiger charge is -2.16. The molecule has 1 aliphatic rings. The largest absolute Gasteiger partial charge is 0.457 e. The first-order valence-corrected chi connectivity index (χ1v) is 13.4. The number of hydrogen-bond donors (Lipinski definition) is 1. The Hall–Kier alpha value is -4.90. The van der Waals surface area contributed by atoms with Crippen molar-refractivity contribution in [3.63, 3.8) is 0 Å². The number of benzene rings is 2. The lowest BCUT2D eigenvalue weighted by atomic mass is 10.0. The second-order valence-corrected chi connectivity index (χ2v) is 10.6. The lowest BCUT2D eigenvalue weighted by molar-refractivity contribution is -0.114. The van der Waals surface area contributed by atoms with Crippen molar-refractivity contribution in [2.24, 2.45) is 13.0 Å². The van der Waals surface area contributed by atoms with Gasteiger partial charge in [0.05, 0.1) is 11.0 Å². The van der Waals surface area contributed by atoms with E-state index in [-0.39, 0.29) is 11.8 Å². The molecule has 1 saturated heterocycles. The molecule has 1 unspecified atom stereocenters. The SMILES string of the molecule is Cc1cc(Nc2ncnc3ccc(N4CC(C)/C(=C\CN(C)C)C4=O)nc23)ccc1Oc1ccc2c(c1)nnn2C. The molecule has 4 heterocycles. The molecular formula is C30H31N9O2. The highest BCUT2D eigenvalue weighted by molar-refractivity contribution is 6.08. The van der Waals surface area contributed by atoms with Crippen molar-refractivity contribution >= 4 is 45.3 Å². The zero-order valence-electron chi connectivity index (χ0n) is 23.7. The number of amides is 1. The Morgan fingerprint density at radius 2 is 1.95 bits per heavy atom. The van der Waals surface area contributed by atoms with E-state index in [1.165, 1.54) is 6.33 Å². The van der Waals surface area contributed by atoms with Crippen LogP contribution in [-0.2, 0) is 11.8 Å².